The summed E-state index contributed by atoms with van der Waals surface area (Å²) in [5.74, 6) is -0.839. The van der Waals surface area contributed by atoms with Gasteiger partial charge in [-0.25, -0.2) is 9.18 Å². The lowest BCUT2D eigenvalue weighted by Gasteiger charge is -2.14. The van der Waals surface area contributed by atoms with Gasteiger partial charge in [0.1, 0.15) is 11.9 Å². The first-order valence-corrected chi connectivity index (χ1v) is 9.08. The fraction of sp³-hybridized carbons (Fsp3) is 0.200. The highest BCUT2D eigenvalue weighted by Gasteiger charge is 2.32. The smallest absolute Gasteiger partial charge is 0.414 e. The van der Waals surface area contributed by atoms with E-state index in [0.717, 1.165) is 5.56 Å². The number of rotatable bonds is 6. The van der Waals surface area contributed by atoms with Crippen molar-refractivity contribution in [3.8, 4) is 11.1 Å². The second-order valence-electron chi connectivity index (χ2n) is 6.61. The Morgan fingerprint density at radius 3 is 2.67 bits per heavy atom. The number of hydrogen-bond donors (Lipinski definition) is 3. The predicted octanol–water partition coefficient (Wildman–Crippen LogP) is 1.56. The van der Waals surface area contributed by atoms with Gasteiger partial charge in [-0.05, 0) is 29.3 Å². The Bertz CT molecular complexity index is 1000. The Hall–Kier alpha value is -3.95. The van der Waals surface area contributed by atoms with Gasteiger partial charge >= 0.3 is 6.09 Å². The molecule has 2 amide bonds. The van der Waals surface area contributed by atoms with Crippen LogP contribution >= 0.6 is 0 Å². The van der Waals surface area contributed by atoms with Gasteiger partial charge in [0.25, 0.3) is 0 Å². The van der Waals surface area contributed by atoms with Gasteiger partial charge in [-0.3, -0.25) is 9.69 Å². The molecule has 2 aromatic carbocycles. The summed E-state index contributed by atoms with van der Waals surface area (Å²) in [7, 11) is 0. The van der Waals surface area contributed by atoms with E-state index in [2.05, 4.69) is 15.5 Å². The summed E-state index contributed by atoms with van der Waals surface area (Å²) < 4.78 is 20.0. The molecule has 3 rings (SSSR count). The van der Waals surface area contributed by atoms with E-state index in [1.54, 1.807) is 36.4 Å². The zero-order chi connectivity index (χ0) is 21.7. The van der Waals surface area contributed by atoms with E-state index in [-0.39, 0.29) is 25.0 Å². The van der Waals surface area contributed by atoms with Gasteiger partial charge < -0.3 is 21.5 Å². The number of nitrogens with one attached hydrogen (secondary N) is 1. The predicted molar refractivity (Wildman–Crippen MR) is 112 cm³/mol. The minimum absolute atomic E-state index is 0.145. The van der Waals surface area contributed by atoms with Gasteiger partial charge in [0.05, 0.1) is 25.0 Å². The van der Waals surface area contributed by atoms with Gasteiger partial charge in [-0.2, -0.15) is 5.10 Å². The molecule has 156 valence electrons. The number of ether oxygens (including phenoxy) is 1. The third kappa shape index (κ3) is 5.10. The first-order chi connectivity index (χ1) is 14.3. The minimum Gasteiger partial charge on any atom is -0.442 e. The van der Waals surface area contributed by atoms with Crippen LogP contribution in [0.5, 0.6) is 0 Å². The topological polar surface area (TPSA) is 135 Å². The third-order valence-electron chi connectivity index (χ3n) is 4.32. The van der Waals surface area contributed by atoms with Crippen LogP contribution in [0.1, 0.15) is 12.5 Å². The highest BCUT2D eigenvalue weighted by molar-refractivity contribution is 5.90. The van der Waals surface area contributed by atoms with Gasteiger partial charge in [-0.1, -0.05) is 24.3 Å². The number of carbonyl (C=O) groups excluding carboxylic acids is 2. The molecular weight excluding hydrogens is 391 g/mol. The lowest BCUT2D eigenvalue weighted by molar-refractivity contribution is -0.119. The first-order valence-electron chi connectivity index (χ1n) is 9.08. The number of carbonyl (C=O) groups is 2. The number of amides is 2. The molecular formula is C20H21FN6O3. The first kappa shape index (κ1) is 20.8. The number of benzene rings is 2. The van der Waals surface area contributed by atoms with Crippen molar-refractivity contribution in [2.75, 3.05) is 18.0 Å². The molecule has 30 heavy (non-hydrogen) atoms. The summed E-state index contributed by atoms with van der Waals surface area (Å²) in [6, 6.07) is 11.5. The molecule has 0 bridgehead atoms. The zero-order valence-electron chi connectivity index (χ0n) is 16.2. The molecule has 1 saturated heterocycles. The van der Waals surface area contributed by atoms with Crippen molar-refractivity contribution in [3.05, 3.63) is 53.8 Å². The minimum atomic E-state index is -0.582. The monoisotopic (exact) mass is 412 g/mol. The highest BCUT2D eigenvalue weighted by Crippen LogP contribution is 2.29. The fourth-order valence-electron chi connectivity index (χ4n) is 2.91. The van der Waals surface area contributed by atoms with Crippen LogP contribution in [-0.2, 0) is 9.53 Å². The summed E-state index contributed by atoms with van der Waals surface area (Å²) >= 11 is 0. The molecule has 1 fully saturated rings. The Morgan fingerprint density at radius 2 is 2.03 bits per heavy atom. The number of cyclic esters (lactones) is 1. The molecule has 0 spiro atoms. The molecule has 1 heterocycles. The lowest BCUT2D eigenvalue weighted by atomic mass is 10.0. The summed E-state index contributed by atoms with van der Waals surface area (Å²) in [6.45, 7) is 1.81. The van der Waals surface area contributed by atoms with Crippen LogP contribution in [0.2, 0.25) is 0 Å². The summed E-state index contributed by atoms with van der Waals surface area (Å²) in [5, 5.41) is 9.83. The molecule has 0 aromatic heterocycles. The Balaban J connectivity index is 1.72. The van der Waals surface area contributed by atoms with Gasteiger partial charge in [-0.15, -0.1) is 5.10 Å². The van der Waals surface area contributed by atoms with E-state index in [4.69, 9.17) is 16.2 Å². The summed E-state index contributed by atoms with van der Waals surface area (Å²) in [4.78, 5) is 24.4. The maximum Gasteiger partial charge on any atom is 0.414 e. The molecule has 5 N–H and O–H groups in total. The number of halogens is 1. The Labute approximate surface area is 172 Å². The van der Waals surface area contributed by atoms with E-state index in [1.807, 2.05) is 0 Å². The van der Waals surface area contributed by atoms with Crippen LogP contribution in [-0.4, -0.2) is 43.4 Å². The zero-order valence-corrected chi connectivity index (χ0v) is 16.2. The quantitative estimate of drug-likeness (QED) is 0.376. The molecule has 10 heteroatoms. The van der Waals surface area contributed by atoms with Crippen molar-refractivity contribution < 1.29 is 18.7 Å². The molecule has 0 aliphatic carbocycles. The van der Waals surface area contributed by atoms with E-state index < -0.39 is 18.0 Å². The van der Waals surface area contributed by atoms with E-state index in [0.29, 0.717) is 16.8 Å². The number of hydrogen-bond acceptors (Lipinski definition) is 5. The molecule has 1 atom stereocenters. The number of guanidine groups is 1. The van der Waals surface area contributed by atoms with Crippen LogP contribution in [0.3, 0.4) is 0 Å². The van der Waals surface area contributed by atoms with Crippen LogP contribution in [0.4, 0.5) is 14.9 Å². The van der Waals surface area contributed by atoms with Crippen LogP contribution in [0.25, 0.3) is 11.1 Å². The van der Waals surface area contributed by atoms with Crippen LogP contribution in [0.15, 0.2) is 52.7 Å². The molecule has 1 unspecified atom stereocenters. The summed E-state index contributed by atoms with van der Waals surface area (Å²) in [5.41, 5.74) is 12.6. The van der Waals surface area contributed by atoms with Crippen LogP contribution in [0, 0.1) is 5.82 Å². The average molecular weight is 412 g/mol. The number of nitrogens with zero attached hydrogens (tertiary/aromatic N) is 3. The van der Waals surface area contributed by atoms with Crippen molar-refractivity contribution >= 4 is 29.9 Å². The van der Waals surface area contributed by atoms with Crippen molar-refractivity contribution in [1.29, 1.82) is 0 Å². The average Bonchev–Trinajstić information content (AvgIpc) is 3.07. The van der Waals surface area contributed by atoms with Crippen molar-refractivity contribution in [3.63, 3.8) is 0 Å². The maximum absolute atomic E-state index is 14.8. The SMILES string of the molecule is CC(=O)NCC1CN(c2ccc(-c3ccc(C=NN=C(N)N)cc3)c(F)c2)C(=O)O1. The fourth-order valence-corrected chi connectivity index (χ4v) is 2.91. The molecule has 0 radical (unpaired) electrons. The molecule has 2 aromatic rings. The van der Waals surface area contributed by atoms with Crippen molar-refractivity contribution in [1.82, 2.24) is 5.32 Å². The second kappa shape index (κ2) is 9.03. The highest BCUT2D eigenvalue weighted by atomic mass is 19.1. The third-order valence-corrected chi connectivity index (χ3v) is 4.32. The second-order valence-corrected chi connectivity index (χ2v) is 6.61. The maximum atomic E-state index is 14.8. The Morgan fingerprint density at radius 1 is 1.30 bits per heavy atom. The normalized spacial score (nSPS) is 15.9. The largest absolute Gasteiger partial charge is 0.442 e. The number of nitrogens with two attached hydrogens (primary N) is 2. The molecule has 1 aliphatic rings. The molecule has 1 aliphatic heterocycles. The van der Waals surface area contributed by atoms with E-state index >= 15 is 0 Å². The summed E-state index contributed by atoms with van der Waals surface area (Å²) in [6.07, 6.45) is 0.401. The van der Waals surface area contributed by atoms with E-state index in [1.165, 1.54) is 24.1 Å². The van der Waals surface area contributed by atoms with Gasteiger partial charge in [0.15, 0.2) is 0 Å². The number of anilines is 1. The van der Waals surface area contributed by atoms with Crippen LogP contribution < -0.4 is 21.7 Å². The lowest BCUT2D eigenvalue weighted by Crippen LogP contribution is -2.33. The molecule has 0 saturated carbocycles. The van der Waals surface area contributed by atoms with Crippen molar-refractivity contribution in [2.45, 2.75) is 13.0 Å². The standard InChI is InChI=1S/C20H21FN6O3/c1-12(28)24-10-16-11-27(20(29)30-16)15-6-7-17(18(21)8-15)14-4-2-13(3-5-14)9-25-26-19(22)23/h2-9,16H,10-11H2,1H3,(H,24,28)(H4,22,23,26). The Kier molecular flexibility index (Phi) is 6.26. The molecule has 9 nitrogen and oxygen atoms in total. The van der Waals surface area contributed by atoms with Crippen molar-refractivity contribution in [2.24, 2.45) is 21.7 Å². The van der Waals surface area contributed by atoms with Gasteiger partial charge in [0, 0.05) is 12.5 Å². The van der Waals surface area contributed by atoms with E-state index in [9.17, 15) is 14.0 Å². The van der Waals surface area contributed by atoms with Gasteiger partial charge in [0.2, 0.25) is 11.9 Å².